The summed E-state index contributed by atoms with van der Waals surface area (Å²) in [7, 11) is 0. The van der Waals surface area contributed by atoms with Crippen LogP contribution in [0.25, 0.3) is 0 Å². The van der Waals surface area contributed by atoms with E-state index in [-0.39, 0.29) is 17.2 Å². The van der Waals surface area contributed by atoms with Gasteiger partial charge in [0.15, 0.2) is 0 Å². The lowest BCUT2D eigenvalue weighted by Gasteiger charge is -2.14. The number of alkyl halides is 5. The molecular weight excluding hydrogens is 307 g/mol. The van der Waals surface area contributed by atoms with Crippen LogP contribution >= 0.6 is 0 Å². The summed E-state index contributed by atoms with van der Waals surface area (Å²) >= 11 is 0. The van der Waals surface area contributed by atoms with Gasteiger partial charge in [0.25, 0.3) is 6.43 Å². The van der Waals surface area contributed by atoms with Gasteiger partial charge < -0.3 is 16.2 Å². The summed E-state index contributed by atoms with van der Waals surface area (Å²) in [5.41, 5.74) is 9.49. The van der Waals surface area contributed by atoms with Gasteiger partial charge in [-0.2, -0.15) is 13.2 Å². The van der Waals surface area contributed by atoms with E-state index in [9.17, 15) is 22.0 Å². The second kappa shape index (κ2) is 5.70. The molecule has 118 valence electrons. The van der Waals surface area contributed by atoms with Crippen molar-refractivity contribution in [2.45, 2.75) is 12.6 Å². The maximum absolute atomic E-state index is 12.7. The van der Waals surface area contributed by atoms with Crippen molar-refractivity contribution >= 4 is 11.4 Å². The van der Waals surface area contributed by atoms with Crippen molar-refractivity contribution in [3.63, 3.8) is 0 Å². The number of nitrogens with two attached hydrogens (primary N) is 2. The zero-order valence-electron chi connectivity index (χ0n) is 11.0. The van der Waals surface area contributed by atoms with Crippen molar-refractivity contribution in [3.8, 4) is 11.5 Å². The number of hydrogen-bond donors (Lipinski definition) is 2. The number of anilines is 2. The molecule has 3 nitrogen and oxygen atoms in total. The second-order valence-corrected chi connectivity index (χ2v) is 4.49. The molecular formula is C14H11F5N2O. The van der Waals surface area contributed by atoms with Gasteiger partial charge in [0.05, 0.1) is 11.3 Å². The van der Waals surface area contributed by atoms with Crippen LogP contribution in [0.15, 0.2) is 36.4 Å². The maximum atomic E-state index is 12.7. The Kier molecular flexibility index (Phi) is 4.11. The van der Waals surface area contributed by atoms with Crippen molar-refractivity contribution in [1.82, 2.24) is 0 Å². The third-order valence-corrected chi connectivity index (χ3v) is 2.77. The Morgan fingerprint density at radius 1 is 0.955 bits per heavy atom. The minimum atomic E-state index is -4.77. The van der Waals surface area contributed by atoms with Crippen molar-refractivity contribution in [2.75, 3.05) is 11.5 Å². The van der Waals surface area contributed by atoms with E-state index in [2.05, 4.69) is 0 Å². The molecule has 0 saturated heterocycles. The Hall–Kier alpha value is -2.51. The molecule has 0 amide bonds. The Balaban J connectivity index is 2.43. The molecule has 0 radical (unpaired) electrons. The van der Waals surface area contributed by atoms with E-state index >= 15 is 0 Å². The molecule has 0 aliphatic rings. The fourth-order valence-corrected chi connectivity index (χ4v) is 1.76. The Morgan fingerprint density at radius 3 is 2.18 bits per heavy atom. The lowest BCUT2D eigenvalue weighted by Crippen LogP contribution is -2.06. The first-order chi connectivity index (χ1) is 10.2. The largest absolute Gasteiger partial charge is 0.455 e. The van der Waals surface area contributed by atoms with Crippen LogP contribution in [-0.2, 0) is 6.18 Å². The lowest BCUT2D eigenvalue weighted by molar-refractivity contribution is -0.137. The van der Waals surface area contributed by atoms with Gasteiger partial charge in [0.1, 0.15) is 11.5 Å². The van der Waals surface area contributed by atoms with Gasteiger partial charge in [-0.25, -0.2) is 8.78 Å². The smallest absolute Gasteiger partial charge is 0.416 e. The monoisotopic (exact) mass is 318 g/mol. The van der Waals surface area contributed by atoms with Crippen molar-refractivity contribution in [2.24, 2.45) is 0 Å². The third kappa shape index (κ3) is 3.57. The molecule has 0 aliphatic heterocycles. The molecule has 0 fully saturated rings. The van der Waals surface area contributed by atoms with Crippen LogP contribution in [0.1, 0.15) is 17.6 Å². The van der Waals surface area contributed by atoms with Gasteiger partial charge in [0, 0.05) is 11.3 Å². The summed E-state index contributed by atoms with van der Waals surface area (Å²) in [4.78, 5) is 0. The zero-order valence-corrected chi connectivity index (χ0v) is 11.0. The highest BCUT2D eigenvalue weighted by Crippen LogP contribution is 2.37. The van der Waals surface area contributed by atoms with Gasteiger partial charge in [-0.05, 0) is 36.4 Å². The number of halogens is 5. The highest BCUT2D eigenvalue weighted by Gasteiger charge is 2.32. The third-order valence-electron chi connectivity index (χ3n) is 2.77. The van der Waals surface area contributed by atoms with Crippen LogP contribution in [0.3, 0.4) is 0 Å². The number of benzene rings is 2. The molecule has 0 spiro atoms. The fourth-order valence-electron chi connectivity index (χ4n) is 1.76. The van der Waals surface area contributed by atoms with E-state index in [1.165, 1.54) is 18.2 Å². The van der Waals surface area contributed by atoms with E-state index < -0.39 is 23.7 Å². The van der Waals surface area contributed by atoms with Crippen LogP contribution in [0.4, 0.5) is 33.3 Å². The molecule has 0 aliphatic carbocycles. The number of hydrogen-bond acceptors (Lipinski definition) is 3. The van der Waals surface area contributed by atoms with E-state index in [0.29, 0.717) is 17.8 Å². The topological polar surface area (TPSA) is 61.3 Å². The summed E-state index contributed by atoms with van der Waals surface area (Å²) in [5, 5.41) is 0. The maximum Gasteiger partial charge on any atom is 0.416 e. The molecule has 0 unspecified atom stereocenters. The first-order valence-electron chi connectivity index (χ1n) is 6.00. The molecule has 0 bridgehead atoms. The zero-order chi connectivity index (χ0) is 16.5. The lowest BCUT2D eigenvalue weighted by atomic mass is 10.1. The summed E-state index contributed by atoms with van der Waals surface area (Å²) in [6.07, 6.45) is -7.83. The van der Waals surface area contributed by atoms with Crippen LogP contribution in [0.5, 0.6) is 11.5 Å². The highest BCUT2D eigenvalue weighted by molar-refractivity contribution is 5.61. The predicted molar refractivity (Wildman–Crippen MR) is 71.7 cm³/mol. The second-order valence-electron chi connectivity index (χ2n) is 4.49. The van der Waals surface area contributed by atoms with Crippen LogP contribution in [0.2, 0.25) is 0 Å². The van der Waals surface area contributed by atoms with Gasteiger partial charge in [-0.15, -0.1) is 0 Å². The molecule has 2 aromatic rings. The van der Waals surface area contributed by atoms with E-state index in [1.807, 2.05) is 0 Å². The quantitative estimate of drug-likeness (QED) is 0.642. The minimum Gasteiger partial charge on any atom is -0.455 e. The molecule has 22 heavy (non-hydrogen) atoms. The van der Waals surface area contributed by atoms with Gasteiger partial charge in [-0.1, -0.05) is 0 Å². The molecule has 2 aromatic carbocycles. The van der Waals surface area contributed by atoms with E-state index in [1.54, 1.807) is 0 Å². The number of nitrogen functional groups attached to an aromatic ring is 2. The number of ether oxygens (including phenoxy) is 1. The van der Waals surface area contributed by atoms with Gasteiger partial charge >= 0.3 is 6.18 Å². The number of rotatable bonds is 3. The average molecular weight is 318 g/mol. The highest BCUT2D eigenvalue weighted by atomic mass is 19.4. The van der Waals surface area contributed by atoms with Crippen LogP contribution in [0, 0.1) is 0 Å². The van der Waals surface area contributed by atoms with Crippen molar-refractivity contribution in [1.29, 1.82) is 0 Å². The van der Waals surface area contributed by atoms with Crippen LogP contribution in [-0.4, -0.2) is 0 Å². The van der Waals surface area contributed by atoms with E-state index in [4.69, 9.17) is 16.2 Å². The Morgan fingerprint density at radius 2 is 1.64 bits per heavy atom. The molecule has 0 aromatic heterocycles. The summed E-state index contributed by atoms with van der Waals surface area (Å²) < 4.78 is 68.8. The molecule has 8 heteroatoms. The molecule has 0 saturated carbocycles. The summed E-state index contributed by atoms with van der Waals surface area (Å²) in [5.74, 6) is -0.365. The minimum absolute atomic E-state index is 0.0220. The summed E-state index contributed by atoms with van der Waals surface area (Å²) in [6.45, 7) is 0. The fraction of sp³-hybridized carbons (Fsp3) is 0.143. The summed E-state index contributed by atoms with van der Waals surface area (Å²) in [6, 6.07) is 5.94. The Bertz CT molecular complexity index is 685. The predicted octanol–water partition coefficient (Wildman–Crippen LogP) is 4.60. The SMILES string of the molecule is Nc1ccc(Oc2cc(C(F)F)cc(C(F)(F)F)c2)c(N)c1. The van der Waals surface area contributed by atoms with Crippen molar-refractivity contribution < 1.29 is 26.7 Å². The first kappa shape index (κ1) is 15.9. The van der Waals surface area contributed by atoms with E-state index in [0.717, 1.165) is 6.07 Å². The Labute approximate surface area is 122 Å². The van der Waals surface area contributed by atoms with Crippen LogP contribution < -0.4 is 16.2 Å². The molecule has 4 N–H and O–H groups in total. The molecule has 0 heterocycles. The van der Waals surface area contributed by atoms with Gasteiger partial charge in [-0.3, -0.25) is 0 Å². The normalized spacial score (nSPS) is 11.7. The van der Waals surface area contributed by atoms with Gasteiger partial charge in [0.2, 0.25) is 0 Å². The average Bonchev–Trinajstić information content (AvgIpc) is 2.40. The molecule has 0 atom stereocenters. The molecule has 2 rings (SSSR count). The standard InChI is InChI=1S/C14H11F5N2O/c15-13(16)7-3-8(14(17,18)19)5-10(4-7)22-12-2-1-9(20)6-11(12)21/h1-6,13H,20-21H2. The first-order valence-corrected chi connectivity index (χ1v) is 6.00. The van der Waals surface area contributed by atoms with Crippen molar-refractivity contribution in [3.05, 3.63) is 47.5 Å².